The summed E-state index contributed by atoms with van der Waals surface area (Å²) in [6.07, 6.45) is 2.19. The predicted octanol–water partition coefficient (Wildman–Crippen LogP) is 1.74. The number of ether oxygens (including phenoxy) is 1. The van der Waals surface area contributed by atoms with Crippen LogP contribution in [-0.2, 0) is 9.53 Å². The molecule has 2 rings (SSSR count). The number of rotatable bonds is 5. The van der Waals surface area contributed by atoms with Gasteiger partial charge in [-0.3, -0.25) is 10.1 Å². The van der Waals surface area contributed by atoms with E-state index >= 15 is 0 Å². The zero-order chi connectivity index (χ0) is 13.0. The van der Waals surface area contributed by atoms with Crippen molar-refractivity contribution >= 4 is 33.3 Å². The van der Waals surface area contributed by atoms with Crippen molar-refractivity contribution in [3.63, 3.8) is 0 Å². The summed E-state index contributed by atoms with van der Waals surface area (Å²) in [5.74, 6) is -0.193. The maximum atomic E-state index is 11.2. The first-order chi connectivity index (χ1) is 8.66. The van der Waals surface area contributed by atoms with Crippen molar-refractivity contribution in [2.45, 2.75) is 30.8 Å². The average Bonchev–Trinajstić information content (AvgIpc) is 2.76. The molecule has 1 heterocycles. The maximum absolute atomic E-state index is 11.2. The van der Waals surface area contributed by atoms with Crippen LogP contribution in [0.3, 0.4) is 0 Å². The summed E-state index contributed by atoms with van der Waals surface area (Å²) >= 11 is 3.18. The Morgan fingerprint density at radius 1 is 1.56 bits per heavy atom. The average molecular weight is 314 g/mol. The normalized spacial score (nSPS) is 18.9. The number of quaternary nitrogens is 1. The van der Waals surface area contributed by atoms with Crippen LogP contribution in [0, 0.1) is 0 Å². The molecule has 1 aromatic rings. The van der Waals surface area contributed by atoms with E-state index in [4.69, 9.17) is 4.74 Å². The fourth-order valence-corrected chi connectivity index (χ4v) is 2.11. The van der Waals surface area contributed by atoms with E-state index in [1.165, 1.54) is 11.4 Å². The Kier molecular flexibility index (Phi) is 4.60. The first kappa shape index (κ1) is 13.4. The molecule has 2 unspecified atom stereocenters. The quantitative estimate of drug-likeness (QED) is 0.377. The van der Waals surface area contributed by atoms with Crippen molar-refractivity contribution in [3.8, 4) is 0 Å². The minimum absolute atomic E-state index is 0.193. The molecule has 0 saturated carbocycles. The number of fused-ring (bicyclic) bond motifs is 1. The first-order valence-electron chi connectivity index (χ1n) is 6.18. The van der Waals surface area contributed by atoms with Gasteiger partial charge in [-0.1, -0.05) is 28.1 Å². The van der Waals surface area contributed by atoms with Crippen LogP contribution in [0.2, 0.25) is 0 Å². The second-order valence-corrected chi connectivity index (χ2v) is 5.80. The van der Waals surface area contributed by atoms with Gasteiger partial charge in [-0.05, 0) is 19.4 Å². The molecule has 1 aromatic carbocycles. The maximum Gasteiger partial charge on any atom is 0.319 e. The van der Waals surface area contributed by atoms with Gasteiger partial charge in [0.05, 0.1) is 6.61 Å². The van der Waals surface area contributed by atoms with E-state index in [2.05, 4.69) is 38.7 Å². The summed E-state index contributed by atoms with van der Waals surface area (Å²) in [6.45, 7) is 2.25. The summed E-state index contributed by atoms with van der Waals surface area (Å²) in [5.41, 5.74) is 2.45. The largest absolute Gasteiger partial charge is 0.465 e. The number of nitrogens with one attached hydrogen (secondary N) is 1. The molecule has 2 atom stereocenters. The highest BCUT2D eigenvalue weighted by Gasteiger charge is 2.23. The van der Waals surface area contributed by atoms with Crippen molar-refractivity contribution in [3.05, 3.63) is 24.3 Å². The lowest BCUT2D eigenvalue weighted by molar-refractivity contribution is -0.596. The standard InChI is InChI=1S/C13H17BrN2O2/c1-9(14)13(17)18-8-4-7-12-15-10-5-2-3-6-11(10)16-12/h2-3,5-6,9,12,15-16H,4,7-8H2,1H3/p+1. The van der Waals surface area contributed by atoms with Gasteiger partial charge in [0.1, 0.15) is 10.5 Å². The highest BCUT2D eigenvalue weighted by molar-refractivity contribution is 9.10. The molecule has 0 spiro atoms. The zero-order valence-electron chi connectivity index (χ0n) is 10.4. The van der Waals surface area contributed by atoms with E-state index in [9.17, 15) is 4.79 Å². The topological polar surface area (TPSA) is 54.9 Å². The van der Waals surface area contributed by atoms with E-state index in [1.807, 2.05) is 12.1 Å². The Bertz CT molecular complexity index is 398. The van der Waals surface area contributed by atoms with E-state index in [0.29, 0.717) is 12.8 Å². The first-order valence-corrected chi connectivity index (χ1v) is 7.09. The van der Waals surface area contributed by atoms with Crippen molar-refractivity contribution in [1.29, 1.82) is 0 Å². The third-order valence-corrected chi connectivity index (χ3v) is 3.28. The molecule has 1 aliphatic rings. The Labute approximate surface area is 115 Å². The number of alkyl halides is 1. The lowest BCUT2D eigenvalue weighted by atomic mass is 10.2. The number of esters is 1. The van der Waals surface area contributed by atoms with Gasteiger partial charge in [0, 0.05) is 12.5 Å². The zero-order valence-corrected chi connectivity index (χ0v) is 11.9. The molecule has 0 amide bonds. The van der Waals surface area contributed by atoms with Gasteiger partial charge in [0.25, 0.3) is 0 Å². The van der Waals surface area contributed by atoms with Crippen LogP contribution in [0.15, 0.2) is 24.3 Å². The van der Waals surface area contributed by atoms with Gasteiger partial charge < -0.3 is 10.1 Å². The minimum Gasteiger partial charge on any atom is -0.465 e. The predicted molar refractivity (Wildman–Crippen MR) is 74.0 cm³/mol. The van der Waals surface area contributed by atoms with Crippen LogP contribution in [0.4, 0.5) is 11.4 Å². The summed E-state index contributed by atoms with van der Waals surface area (Å²) in [6, 6.07) is 8.26. The smallest absolute Gasteiger partial charge is 0.319 e. The molecule has 0 radical (unpaired) electrons. The van der Waals surface area contributed by atoms with E-state index in [1.54, 1.807) is 6.92 Å². The Morgan fingerprint density at radius 3 is 3.06 bits per heavy atom. The Hall–Kier alpha value is -1.07. The number of benzene rings is 1. The van der Waals surface area contributed by atoms with Gasteiger partial charge >= 0.3 is 5.97 Å². The number of carbonyl (C=O) groups excluding carboxylic acids is 1. The monoisotopic (exact) mass is 313 g/mol. The second kappa shape index (κ2) is 6.20. The molecule has 0 fully saturated rings. The van der Waals surface area contributed by atoms with Crippen LogP contribution in [0.1, 0.15) is 19.8 Å². The Balaban J connectivity index is 1.67. The van der Waals surface area contributed by atoms with Crippen molar-refractivity contribution in [1.82, 2.24) is 0 Å². The SMILES string of the molecule is CC(Br)C(=O)OCCCC1Nc2ccccc2[NH2+]1. The third kappa shape index (κ3) is 3.46. The van der Waals surface area contributed by atoms with Gasteiger partial charge in [-0.15, -0.1) is 0 Å². The van der Waals surface area contributed by atoms with Crippen LogP contribution in [0.5, 0.6) is 0 Å². The molecular weight excluding hydrogens is 296 g/mol. The second-order valence-electron chi connectivity index (χ2n) is 4.43. The van der Waals surface area contributed by atoms with E-state index in [0.717, 1.165) is 12.8 Å². The Morgan fingerprint density at radius 2 is 2.33 bits per heavy atom. The summed E-state index contributed by atoms with van der Waals surface area (Å²) in [5, 5.41) is 5.67. The molecule has 98 valence electrons. The molecule has 0 saturated heterocycles. The van der Waals surface area contributed by atoms with E-state index in [-0.39, 0.29) is 10.8 Å². The van der Waals surface area contributed by atoms with Crippen LogP contribution >= 0.6 is 15.9 Å². The summed E-state index contributed by atoms with van der Waals surface area (Å²) in [4.78, 5) is 11.0. The molecule has 1 aliphatic heterocycles. The number of hydrogen-bond donors (Lipinski definition) is 2. The molecule has 0 aromatic heterocycles. The van der Waals surface area contributed by atoms with Gasteiger partial charge in [0.2, 0.25) is 0 Å². The van der Waals surface area contributed by atoms with Gasteiger partial charge in [-0.25, -0.2) is 0 Å². The lowest BCUT2D eigenvalue weighted by Gasteiger charge is -2.09. The lowest BCUT2D eigenvalue weighted by Crippen LogP contribution is -2.83. The highest BCUT2D eigenvalue weighted by Crippen LogP contribution is 2.21. The molecule has 5 heteroatoms. The highest BCUT2D eigenvalue weighted by atomic mass is 79.9. The number of carbonyl (C=O) groups is 1. The summed E-state index contributed by atoms with van der Waals surface area (Å²) in [7, 11) is 0. The number of anilines is 1. The van der Waals surface area contributed by atoms with Gasteiger partial charge in [-0.2, -0.15) is 0 Å². The van der Waals surface area contributed by atoms with Crippen molar-refractivity contribution in [2.24, 2.45) is 0 Å². The van der Waals surface area contributed by atoms with Crippen LogP contribution < -0.4 is 10.6 Å². The van der Waals surface area contributed by atoms with Crippen LogP contribution in [0.25, 0.3) is 0 Å². The minimum atomic E-state index is -0.224. The molecule has 18 heavy (non-hydrogen) atoms. The number of halogens is 1. The summed E-state index contributed by atoms with van der Waals surface area (Å²) < 4.78 is 5.11. The molecular formula is C13H18BrN2O2+. The molecule has 3 N–H and O–H groups in total. The van der Waals surface area contributed by atoms with Crippen molar-refractivity contribution < 1.29 is 14.8 Å². The molecule has 4 nitrogen and oxygen atoms in total. The van der Waals surface area contributed by atoms with Crippen molar-refractivity contribution in [2.75, 3.05) is 11.9 Å². The van der Waals surface area contributed by atoms with Crippen LogP contribution in [-0.4, -0.2) is 23.6 Å². The van der Waals surface area contributed by atoms with E-state index < -0.39 is 0 Å². The molecule has 0 aliphatic carbocycles. The number of nitrogens with two attached hydrogens (primary N) is 1. The fourth-order valence-electron chi connectivity index (χ4n) is 1.98. The third-order valence-electron chi connectivity index (χ3n) is 2.91. The van der Waals surface area contributed by atoms with Gasteiger partial charge in [0.15, 0.2) is 11.9 Å². The number of hydrogen-bond acceptors (Lipinski definition) is 3. The number of para-hydroxylation sites is 2. The molecule has 0 bridgehead atoms. The fraction of sp³-hybridized carbons (Fsp3) is 0.462.